The molecule has 0 amide bonds. The van der Waals surface area contributed by atoms with Gasteiger partial charge in [0, 0.05) is 22.8 Å². The topological polar surface area (TPSA) is 89.9 Å². The number of aryl methyl sites for hydroxylation is 2. The van der Waals surface area contributed by atoms with E-state index in [1.165, 1.54) is 39.6 Å². The smallest absolute Gasteiger partial charge is 0.303 e. The van der Waals surface area contributed by atoms with Crippen molar-refractivity contribution >= 4 is 27.6 Å². The Morgan fingerprint density at radius 3 is 2.46 bits per heavy atom. The third-order valence-corrected chi connectivity index (χ3v) is 10.3. The summed E-state index contributed by atoms with van der Waals surface area (Å²) in [6.07, 6.45) is 5.43. The molecule has 8 heteroatoms. The van der Waals surface area contributed by atoms with Gasteiger partial charge in [0.05, 0.1) is 18.8 Å². The number of carboxylic acids is 1. The van der Waals surface area contributed by atoms with Crippen LogP contribution in [0.25, 0.3) is 11.1 Å². The number of aliphatic carboxylic acids is 1. The van der Waals surface area contributed by atoms with Crippen molar-refractivity contribution in [3.05, 3.63) is 76.3 Å². The fraction of sp³-hybridized carbons (Fsp3) is 0.424. The first kappa shape index (κ1) is 29.5. The van der Waals surface area contributed by atoms with Crippen LogP contribution in [0, 0.1) is 0 Å². The molecule has 0 radical (unpaired) electrons. The van der Waals surface area contributed by atoms with E-state index >= 15 is 0 Å². The molecule has 1 aliphatic carbocycles. The van der Waals surface area contributed by atoms with Gasteiger partial charge in [0.2, 0.25) is 0 Å². The average Bonchev–Trinajstić information content (AvgIpc) is 3.53. The van der Waals surface area contributed by atoms with Gasteiger partial charge < -0.3 is 14.6 Å². The van der Waals surface area contributed by atoms with Crippen LogP contribution in [0.15, 0.2) is 53.4 Å². The number of carboxylic acid groups (broad SMARTS) is 1. The molecule has 3 aromatic carbocycles. The Morgan fingerprint density at radius 2 is 1.78 bits per heavy atom. The molecule has 1 aliphatic heterocycles. The van der Waals surface area contributed by atoms with Crippen LogP contribution in [0.4, 0.5) is 0 Å². The minimum Gasteiger partial charge on any atom is -0.494 e. The summed E-state index contributed by atoms with van der Waals surface area (Å²) >= 11 is 1.71. The van der Waals surface area contributed by atoms with Crippen molar-refractivity contribution in [2.45, 2.75) is 69.3 Å². The highest BCUT2D eigenvalue weighted by Gasteiger charge is 2.30. The Kier molecular flexibility index (Phi) is 9.00. The highest BCUT2D eigenvalue weighted by Crippen LogP contribution is 2.46. The second kappa shape index (κ2) is 12.5. The normalized spacial score (nSPS) is 17.7. The maximum atomic E-state index is 11.5. The lowest BCUT2D eigenvalue weighted by Gasteiger charge is -2.20. The summed E-state index contributed by atoms with van der Waals surface area (Å²) in [5, 5.41) is 9.23. The molecule has 6 nitrogen and oxygen atoms in total. The zero-order valence-corrected chi connectivity index (χ0v) is 25.6. The van der Waals surface area contributed by atoms with Crippen LogP contribution in [-0.2, 0) is 33.9 Å². The number of sulfone groups is 1. The van der Waals surface area contributed by atoms with Crippen molar-refractivity contribution in [1.82, 2.24) is 0 Å². The number of hydrogen-bond donors (Lipinski definition) is 1. The lowest BCUT2D eigenvalue weighted by atomic mass is 9.87. The summed E-state index contributed by atoms with van der Waals surface area (Å²) in [6, 6.07) is 16.8. The Bertz CT molecular complexity index is 1520. The number of hydrogen-bond acceptors (Lipinski definition) is 6. The molecule has 0 aromatic heterocycles. The van der Waals surface area contributed by atoms with Gasteiger partial charge in [-0.25, -0.2) is 8.42 Å². The summed E-state index contributed by atoms with van der Waals surface area (Å²) in [5.74, 6) is 1.85. The second-order valence-electron chi connectivity index (χ2n) is 11.0. The van der Waals surface area contributed by atoms with E-state index in [0.29, 0.717) is 13.0 Å². The number of rotatable bonds is 12. The molecule has 218 valence electrons. The molecular weight excluding hydrogens is 556 g/mol. The molecule has 0 bridgehead atoms. The van der Waals surface area contributed by atoms with Gasteiger partial charge in [0.15, 0.2) is 0 Å². The summed E-state index contributed by atoms with van der Waals surface area (Å²) < 4.78 is 35.5. The molecule has 2 aliphatic rings. The molecule has 0 saturated carbocycles. The Labute approximate surface area is 247 Å². The maximum Gasteiger partial charge on any atom is 0.303 e. The summed E-state index contributed by atoms with van der Waals surface area (Å²) in [6.45, 7) is 4.70. The van der Waals surface area contributed by atoms with Gasteiger partial charge in [-0.1, -0.05) is 38.1 Å². The second-order valence-corrected chi connectivity index (χ2v) is 14.3. The van der Waals surface area contributed by atoms with Gasteiger partial charge in [-0.05, 0) is 95.3 Å². The minimum absolute atomic E-state index is 0.0307. The summed E-state index contributed by atoms with van der Waals surface area (Å²) in [5.41, 5.74) is 8.66. The largest absolute Gasteiger partial charge is 0.494 e. The van der Waals surface area contributed by atoms with E-state index in [2.05, 4.69) is 50.2 Å². The fourth-order valence-electron chi connectivity index (χ4n) is 6.08. The zero-order chi connectivity index (χ0) is 29.1. The van der Waals surface area contributed by atoms with Gasteiger partial charge >= 0.3 is 5.97 Å². The van der Waals surface area contributed by atoms with Crippen LogP contribution in [0.3, 0.4) is 0 Å². The predicted molar refractivity (Wildman–Crippen MR) is 164 cm³/mol. The highest BCUT2D eigenvalue weighted by atomic mass is 32.2. The molecular formula is C33H38O6S2. The number of ether oxygens (including phenoxy) is 2. The van der Waals surface area contributed by atoms with Crippen LogP contribution >= 0.6 is 11.8 Å². The van der Waals surface area contributed by atoms with Crippen molar-refractivity contribution < 1.29 is 27.8 Å². The molecule has 1 N–H and O–H groups in total. The first-order chi connectivity index (χ1) is 19.7. The molecule has 2 atom stereocenters. The highest BCUT2D eigenvalue weighted by molar-refractivity contribution is 7.99. The zero-order valence-electron chi connectivity index (χ0n) is 23.9. The molecule has 41 heavy (non-hydrogen) atoms. The third-order valence-electron chi connectivity index (χ3n) is 8.01. The number of carbonyl (C=O) groups is 1. The summed E-state index contributed by atoms with van der Waals surface area (Å²) in [4.78, 5) is 12.4. The van der Waals surface area contributed by atoms with Crippen molar-refractivity contribution in [2.75, 3.05) is 24.4 Å². The van der Waals surface area contributed by atoms with Gasteiger partial charge in [-0.15, -0.1) is 11.8 Å². The third kappa shape index (κ3) is 6.75. The van der Waals surface area contributed by atoms with Gasteiger partial charge in [0.1, 0.15) is 27.4 Å². The number of benzene rings is 3. The van der Waals surface area contributed by atoms with Gasteiger partial charge in [-0.3, -0.25) is 4.79 Å². The van der Waals surface area contributed by atoms with Crippen LogP contribution in [0.2, 0.25) is 0 Å². The van der Waals surface area contributed by atoms with Crippen molar-refractivity contribution in [1.29, 1.82) is 0 Å². The first-order valence-corrected chi connectivity index (χ1v) is 17.4. The van der Waals surface area contributed by atoms with Crippen LogP contribution < -0.4 is 9.47 Å². The maximum absolute atomic E-state index is 11.5. The molecule has 0 spiro atoms. The van der Waals surface area contributed by atoms with Crippen LogP contribution in [-0.4, -0.2) is 43.9 Å². The van der Waals surface area contributed by atoms with Gasteiger partial charge in [0.25, 0.3) is 0 Å². The Hall–Kier alpha value is -2.97. The van der Waals surface area contributed by atoms with Crippen LogP contribution in [0.1, 0.15) is 72.9 Å². The van der Waals surface area contributed by atoms with E-state index in [1.807, 2.05) is 12.1 Å². The SMILES string of the molecule is CCc1cc(OCCCS(C)(=O)=O)cc(CC)c1-c1cccc2c1CCC2Oc1ccc2c(c1)SCC2CC(=O)O. The molecule has 0 saturated heterocycles. The van der Waals surface area contributed by atoms with E-state index in [-0.39, 0.29) is 24.2 Å². The average molecular weight is 595 g/mol. The number of thioether (sulfide) groups is 1. The molecule has 5 rings (SSSR count). The van der Waals surface area contributed by atoms with Crippen molar-refractivity contribution in [2.24, 2.45) is 0 Å². The first-order valence-electron chi connectivity index (χ1n) is 14.4. The predicted octanol–water partition coefficient (Wildman–Crippen LogP) is 7.02. The standard InChI is InChI=1S/C33H38O6S2/c1-4-21-16-25(38-14-7-15-41(3,36)37)17-22(5-2)33(21)29-9-6-8-28-27(29)12-13-30(28)39-24-10-11-26-23(18-32(34)35)20-40-31(26)19-24/h6,8-11,16-17,19,23,30H,4-5,7,12-15,18,20H2,1-3H3,(H,34,35). The monoisotopic (exact) mass is 594 g/mol. The molecule has 1 heterocycles. The Morgan fingerprint density at radius 1 is 1.02 bits per heavy atom. The summed E-state index contributed by atoms with van der Waals surface area (Å²) in [7, 11) is -3.00. The molecule has 0 fully saturated rings. The van der Waals surface area contributed by atoms with Crippen LogP contribution in [0.5, 0.6) is 11.5 Å². The molecule has 3 aromatic rings. The minimum atomic E-state index is -3.00. The van der Waals surface area contributed by atoms with E-state index in [1.54, 1.807) is 11.8 Å². The van der Waals surface area contributed by atoms with E-state index in [0.717, 1.165) is 53.4 Å². The van der Waals surface area contributed by atoms with Crippen molar-refractivity contribution in [3.8, 4) is 22.6 Å². The van der Waals surface area contributed by atoms with E-state index < -0.39 is 15.8 Å². The quantitative estimate of drug-likeness (QED) is 0.225. The van der Waals surface area contributed by atoms with E-state index in [4.69, 9.17) is 9.47 Å². The van der Waals surface area contributed by atoms with E-state index in [9.17, 15) is 18.3 Å². The Balaban J connectivity index is 1.38. The number of fused-ring (bicyclic) bond motifs is 2. The fourth-order valence-corrected chi connectivity index (χ4v) is 8.00. The van der Waals surface area contributed by atoms with Gasteiger partial charge in [-0.2, -0.15) is 0 Å². The lowest BCUT2D eigenvalue weighted by Crippen LogP contribution is -2.08. The molecule has 2 unspecified atom stereocenters. The van der Waals surface area contributed by atoms with Crippen molar-refractivity contribution in [3.63, 3.8) is 0 Å². The lowest BCUT2D eigenvalue weighted by molar-refractivity contribution is -0.137.